The number of carbonyl (C=O) groups excluding carboxylic acids is 1. The number of likely N-dealkylation sites (tertiary alicyclic amines) is 1. The van der Waals surface area contributed by atoms with Gasteiger partial charge in [0.05, 0.1) is 26.4 Å². The second kappa shape index (κ2) is 12.1. The number of rotatable bonds is 8. The molecular weight excluding hydrogens is 368 g/mol. The number of ether oxygens (including phenoxy) is 2. The Hall–Kier alpha value is -0.890. The quantitative estimate of drug-likeness (QED) is 0.662. The van der Waals surface area contributed by atoms with Crippen LogP contribution < -0.4 is 5.32 Å². The second-order valence-electron chi connectivity index (χ2n) is 8.82. The summed E-state index contributed by atoms with van der Waals surface area (Å²) in [4.78, 5) is 19.9. The molecule has 3 rings (SSSR count). The molecule has 29 heavy (non-hydrogen) atoms. The number of piperidine rings is 1. The molecule has 168 valence electrons. The van der Waals surface area contributed by atoms with Crippen LogP contribution in [0.15, 0.2) is 0 Å². The monoisotopic (exact) mass is 410 g/mol. The molecule has 0 aromatic carbocycles. The van der Waals surface area contributed by atoms with Crippen molar-refractivity contribution in [1.29, 1.82) is 0 Å². The largest absolute Gasteiger partial charge is 0.379 e. The summed E-state index contributed by atoms with van der Waals surface area (Å²) in [5, 5.41) is 3.27. The maximum atomic E-state index is 12.8. The first-order chi connectivity index (χ1) is 14.2. The fraction of sp³-hybridized carbons (Fsp3) is 0.955. The number of carbonyl (C=O) groups is 1. The summed E-state index contributed by atoms with van der Waals surface area (Å²) in [5.41, 5.74) is 0. The molecular formula is C22H42N4O3. The van der Waals surface area contributed by atoms with Crippen molar-refractivity contribution in [1.82, 2.24) is 20.0 Å². The summed E-state index contributed by atoms with van der Waals surface area (Å²) < 4.78 is 11.0. The molecule has 0 aliphatic carbocycles. The molecule has 0 aromatic rings. The Morgan fingerprint density at radius 2 is 1.52 bits per heavy atom. The number of urea groups is 1. The van der Waals surface area contributed by atoms with Gasteiger partial charge in [0, 0.05) is 58.4 Å². The number of nitrogens with zero attached hydrogens (tertiary/aromatic N) is 3. The summed E-state index contributed by atoms with van der Waals surface area (Å²) in [6, 6.07) is 0.538. The van der Waals surface area contributed by atoms with E-state index in [-0.39, 0.29) is 6.03 Å². The molecule has 1 unspecified atom stereocenters. The van der Waals surface area contributed by atoms with Gasteiger partial charge < -0.3 is 19.7 Å². The molecule has 7 heteroatoms. The molecule has 7 nitrogen and oxygen atoms in total. The smallest absolute Gasteiger partial charge is 0.317 e. The average Bonchev–Trinajstić information content (AvgIpc) is 2.78. The zero-order valence-corrected chi connectivity index (χ0v) is 18.6. The van der Waals surface area contributed by atoms with Gasteiger partial charge in [-0.1, -0.05) is 26.7 Å². The first-order valence-electron chi connectivity index (χ1n) is 11.9. The second-order valence-corrected chi connectivity index (χ2v) is 8.82. The summed E-state index contributed by atoms with van der Waals surface area (Å²) in [7, 11) is 0. The van der Waals surface area contributed by atoms with Gasteiger partial charge in [-0.15, -0.1) is 0 Å². The Kier molecular flexibility index (Phi) is 9.49. The summed E-state index contributed by atoms with van der Waals surface area (Å²) in [6.45, 7) is 15.6. The van der Waals surface area contributed by atoms with Crippen LogP contribution in [-0.4, -0.2) is 106 Å². The third kappa shape index (κ3) is 6.81. The van der Waals surface area contributed by atoms with Crippen LogP contribution in [-0.2, 0) is 9.47 Å². The summed E-state index contributed by atoms with van der Waals surface area (Å²) >= 11 is 0. The van der Waals surface area contributed by atoms with Crippen molar-refractivity contribution in [3.8, 4) is 0 Å². The highest BCUT2D eigenvalue weighted by molar-refractivity contribution is 5.74. The Morgan fingerprint density at radius 3 is 2.10 bits per heavy atom. The highest BCUT2D eigenvalue weighted by atomic mass is 16.5. The predicted molar refractivity (Wildman–Crippen MR) is 115 cm³/mol. The van der Waals surface area contributed by atoms with Crippen molar-refractivity contribution in [2.45, 2.75) is 45.6 Å². The van der Waals surface area contributed by atoms with E-state index in [1.165, 1.54) is 0 Å². The fourth-order valence-corrected chi connectivity index (χ4v) is 5.11. The molecule has 3 saturated heterocycles. The van der Waals surface area contributed by atoms with Gasteiger partial charge in [0.2, 0.25) is 0 Å². The first-order valence-corrected chi connectivity index (χ1v) is 11.9. The molecule has 3 fully saturated rings. The Morgan fingerprint density at radius 1 is 0.931 bits per heavy atom. The zero-order chi connectivity index (χ0) is 20.5. The van der Waals surface area contributed by atoms with Crippen molar-refractivity contribution < 1.29 is 14.3 Å². The third-order valence-electron chi connectivity index (χ3n) is 7.09. The maximum absolute atomic E-state index is 12.8. The van der Waals surface area contributed by atoms with E-state index in [1.54, 1.807) is 0 Å². The van der Waals surface area contributed by atoms with E-state index < -0.39 is 0 Å². The topological polar surface area (TPSA) is 57.3 Å². The summed E-state index contributed by atoms with van der Waals surface area (Å²) in [5.74, 6) is 1.33. The average molecular weight is 411 g/mol. The number of hydrogen-bond acceptors (Lipinski definition) is 5. The van der Waals surface area contributed by atoms with Crippen LogP contribution in [0.5, 0.6) is 0 Å². The van der Waals surface area contributed by atoms with Crippen LogP contribution >= 0.6 is 0 Å². The van der Waals surface area contributed by atoms with E-state index in [0.717, 1.165) is 104 Å². The van der Waals surface area contributed by atoms with E-state index in [4.69, 9.17) is 9.47 Å². The van der Waals surface area contributed by atoms with E-state index >= 15 is 0 Å². The van der Waals surface area contributed by atoms with Gasteiger partial charge in [-0.05, 0) is 24.7 Å². The van der Waals surface area contributed by atoms with Gasteiger partial charge >= 0.3 is 6.03 Å². The SMILES string of the molecule is CCC(CC)C(CNC(=O)N1CCC(CN2CCOCC2)CC1)N1CCOCC1. The molecule has 3 heterocycles. The van der Waals surface area contributed by atoms with E-state index in [9.17, 15) is 4.79 Å². The molecule has 3 aliphatic rings. The van der Waals surface area contributed by atoms with E-state index in [2.05, 4.69) is 29.0 Å². The number of morpholine rings is 2. The van der Waals surface area contributed by atoms with Crippen molar-refractivity contribution >= 4 is 6.03 Å². The van der Waals surface area contributed by atoms with Crippen molar-refractivity contribution in [3.63, 3.8) is 0 Å². The van der Waals surface area contributed by atoms with Crippen LogP contribution in [0.3, 0.4) is 0 Å². The Balaban J connectivity index is 1.42. The van der Waals surface area contributed by atoms with Gasteiger partial charge in [-0.3, -0.25) is 9.80 Å². The lowest BCUT2D eigenvalue weighted by Crippen LogP contribution is -2.54. The lowest BCUT2D eigenvalue weighted by molar-refractivity contribution is 0.00197. The van der Waals surface area contributed by atoms with Crippen LogP contribution in [0.2, 0.25) is 0 Å². The highest BCUT2D eigenvalue weighted by Gasteiger charge is 2.29. The lowest BCUT2D eigenvalue weighted by atomic mass is 9.92. The standard InChI is InChI=1S/C22H42N4O3/c1-3-20(4-2)21(25-11-15-29-16-12-25)17-23-22(27)26-7-5-19(6-8-26)18-24-9-13-28-14-10-24/h19-21H,3-18H2,1-2H3,(H,23,27). The molecule has 3 aliphatic heterocycles. The van der Waals surface area contributed by atoms with Crippen LogP contribution in [0.25, 0.3) is 0 Å². The number of amides is 2. The minimum Gasteiger partial charge on any atom is -0.379 e. The number of nitrogens with one attached hydrogen (secondary N) is 1. The van der Waals surface area contributed by atoms with Gasteiger partial charge in [0.25, 0.3) is 0 Å². The number of hydrogen-bond donors (Lipinski definition) is 1. The zero-order valence-electron chi connectivity index (χ0n) is 18.6. The molecule has 0 radical (unpaired) electrons. The Labute approximate surface area is 177 Å². The lowest BCUT2D eigenvalue weighted by Gasteiger charge is -2.40. The normalized spacial score (nSPS) is 24.0. The van der Waals surface area contributed by atoms with Crippen LogP contribution in [0.1, 0.15) is 39.5 Å². The molecule has 0 aromatic heterocycles. The molecule has 0 saturated carbocycles. The maximum Gasteiger partial charge on any atom is 0.317 e. The highest BCUT2D eigenvalue weighted by Crippen LogP contribution is 2.21. The van der Waals surface area contributed by atoms with Crippen molar-refractivity contribution in [2.24, 2.45) is 11.8 Å². The van der Waals surface area contributed by atoms with Crippen molar-refractivity contribution in [2.75, 3.05) is 78.8 Å². The van der Waals surface area contributed by atoms with Crippen LogP contribution in [0, 0.1) is 11.8 Å². The molecule has 0 spiro atoms. The van der Waals surface area contributed by atoms with Crippen LogP contribution in [0.4, 0.5) is 4.79 Å². The van der Waals surface area contributed by atoms with Gasteiger partial charge in [-0.25, -0.2) is 4.79 Å². The molecule has 1 N–H and O–H groups in total. The molecule has 0 bridgehead atoms. The predicted octanol–water partition coefficient (Wildman–Crippen LogP) is 1.88. The summed E-state index contributed by atoms with van der Waals surface area (Å²) in [6.07, 6.45) is 4.54. The van der Waals surface area contributed by atoms with E-state index in [0.29, 0.717) is 17.9 Å². The molecule has 1 atom stereocenters. The molecule has 2 amide bonds. The minimum absolute atomic E-state index is 0.124. The van der Waals surface area contributed by atoms with Gasteiger partial charge in [0.15, 0.2) is 0 Å². The fourth-order valence-electron chi connectivity index (χ4n) is 5.11. The van der Waals surface area contributed by atoms with Crippen molar-refractivity contribution in [3.05, 3.63) is 0 Å². The van der Waals surface area contributed by atoms with Gasteiger partial charge in [-0.2, -0.15) is 0 Å². The van der Waals surface area contributed by atoms with Gasteiger partial charge in [0.1, 0.15) is 0 Å². The Bertz CT molecular complexity index is 469. The first kappa shape index (κ1) is 22.8. The van der Waals surface area contributed by atoms with E-state index in [1.807, 2.05) is 4.90 Å². The third-order valence-corrected chi connectivity index (χ3v) is 7.09. The minimum atomic E-state index is 0.124.